The molecule has 2 aromatic rings. The lowest BCUT2D eigenvalue weighted by atomic mass is 9.98. The Kier molecular flexibility index (Phi) is 6.50. The van der Waals surface area contributed by atoms with E-state index in [2.05, 4.69) is 5.32 Å². The molecule has 0 aliphatic rings. The zero-order valence-corrected chi connectivity index (χ0v) is 14.1. The van der Waals surface area contributed by atoms with Gasteiger partial charge in [-0.25, -0.2) is 4.39 Å². The highest BCUT2D eigenvalue weighted by molar-refractivity contribution is 5.78. The zero-order valence-electron chi connectivity index (χ0n) is 14.1. The minimum Gasteiger partial charge on any atom is -0.391 e. The third-order valence-electron chi connectivity index (χ3n) is 4.17. The number of carbonyl (C=O) groups is 1. The van der Waals surface area contributed by atoms with Crippen LogP contribution in [0, 0.1) is 11.7 Å². The number of carbonyl (C=O) groups excluding carboxylic acids is 1. The third-order valence-corrected chi connectivity index (χ3v) is 4.17. The van der Waals surface area contributed by atoms with Gasteiger partial charge in [0.1, 0.15) is 5.82 Å². The predicted octanol–water partition coefficient (Wildman–Crippen LogP) is 3.11. The summed E-state index contributed by atoms with van der Waals surface area (Å²) in [4.78, 5) is 12.3. The van der Waals surface area contributed by atoms with Crippen LogP contribution >= 0.6 is 0 Å². The Hall–Kier alpha value is -2.20. The number of rotatable bonds is 7. The molecule has 0 aliphatic carbocycles. The number of nitrogens with one attached hydrogen (secondary N) is 1. The molecule has 0 fully saturated rings. The topological polar surface area (TPSA) is 49.3 Å². The molecule has 0 bridgehead atoms. The van der Waals surface area contributed by atoms with Crippen LogP contribution in [0.25, 0.3) is 0 Å². The quantitative estimate of drug-likeness (QED) is 0.820. The van der Waals surface area contributed by atoms with E-state index in [9.17, 15) is 14.3 Å². The first-order chi connectivity index (χ1) is 11.5. The van der Waals surface area contributed by atoms with Gasteiger partial charge in [-0.1, -0.05) is 55.5 Å². The van der Waals surface area contributed by atoms with E-state index in [0.717, 1.165) is 5.56 Å². The molecule has 3 nitrogen and oxygen atoms in total. The van der Waals surface area contributed by atoms with Crippen molar-refractivity contribution in [3.8, 4) is 0 Å². The molecule has 24 heavy (non-hydrogen) atoms. The Morgan fingerprint density at radius 2 is 1.67 bits per heavy atom. The van der Waals surface area contributed by atoms with Gasteiger partial charge in [0.05, 0.1) is 12.1 Å². The fourth-order valence-electron chi connectivity index (χ4n) is 2.58. The van der Waals surface area contributed by atoms with Crippen LogP contribution in [-0.4, -0.2) is 23.2 Å². The predicted molar refractivity (Wildman–Crippen MR) is 93.0 cm³/mol. The first kappa shape index (κ1) is 18.1. The molecule has 1 amide bonds. The number of halogens is 1. The summed E-state index contributed by atoms with van der Waals surface area (Å²) in [6.45, 7) is 3.54. The largest absolute Gasteiger partial charge is 0.391 e. The maximum absolute atomic E-state index is 13.7. The average Bonchev–Trinajstić information content (AvgIpc) is 2.57. The summed E-state index contributed by atoms with van der Waals surface area (Å²) in [5, 5.41) is 13.1. The molecule has 2 rings (SSSR count). The summed E-state index contributed by atoms with van der Waals surface area (Å²) in [5.74, 6) is -0.847. The minimum atomic E-state index is -0.669. The maximum Gasteiger partial charge on any atom is 0.223 e. The molecule has 0 aliphatic heterocycles. The summed E-state index contributed by atoms with van der Waals surface area (Å²) in [5.41, 5.74) is 1.54. The normalized spacial score (nSPS) is 14.7. The molecule has 0 saturated carbocycles. The van der Waals surface area contributed by atoms with Crippen molar-refractivity contribution in [2.24, 2.45) is 5.92 Å². The lowest BCUT2D eigenvalue weighted by Crippen LogP contribution is -2.44. The molecule has 0 spiro atoms. The highest BCUT2D eigenvalue weighted by Crippen LogP contribution is 2.13. The van der Waals surface area contributed by atoms with Gasteiger partial charge in [0, 0.05) is 12.3 Å². The van der Waals surface area contributed by atoms with Crippen LogP contribution in [0.2, 0.25) is 0 Å². The van der Waals surface area contributed by atoms with Crippen LogP contribution in [0.1, 0.15) is 25.0 Å². The number of hydrogen-bond acceptors (Lipinski definition) is 2. The second kappa shape index (κ2) is 8.60. The molecular formula is C20H24FNO2. The van der Waals surface area contributed by atoms with Crippen LogP contribution in [0.3, 0.4) is 0 Å². The van der Waals surface area contributed by atoms with Crippen molar-refractivity contribution in [1.29, 1.82) is 0 Å². The van der Waals surface area contributed by atoms with E-state index >= 15 is 0 Å². The Morgan fingerprint density at radius 1 is 1.04 bits per heavy atom. The van der Waals surface area contributed by atoms with Crippen LogP contribution in [-0.2, 0) is 17.6 Å². The van der Waals surface area contributed by atoms with Gasteiger partial charge in [0.25, 0.3) is 0 Å². The van der Waals surface area contributed by atoms with E-state index in [1.807, 2.05) is 30.3 Å². The van der Waals surface area contributed by atoms with E-state index in [-0.39, 0.29) is 23.7 Å². The van der Waals surface area contributed by atoms with Crippen LogP contribution in [0.4, 0.5) is 4.39 Å². The molecule has 0 saturated heterocycles. The maximum atomic E-state index is 13.7. The summed E-state index contributed by atoms with van der Waals surface area (Å²) in [6, 6.07) is 15.7. The molecule has 128 valence electrons. The minimum absolute atomic E-state index is 0.183. The smallest absolute Gasteiger partial charge is 0.223 e. The van der Waals surface area contributed by atoms with Gasteiger partial charge in [0.2, 0.25) is 5.91 Å². The standard InChI is InChI=1S/C20H24FNO2/c1-14(12-17-10-6-7-11-18(17)21)20(24)22-15(2)19(23)13-16-8-4-3-5-9-16/h3-11,14-15,19,23H,12-13H2,1-2H3,(H,22,24). The van der Waals surface area contributed by atoms with E-state index in [1.54, 1.807) is 32.0 Å². The fourth-order valence-corrected chi connectivity index (χ4v) is 2.58. The van der Waals surface area contributed by atoms with Crippen LogP contribution in [0.15, 0.2) is 54.6 Å². The molecule has 2 N–H and O–H groups in total. The van der Waals surface area contributed by atoms with Crippen LogP contribution < -0.4 is 5.32 Å². The second-order valence-corrected chi connectivity index (χ2v) is 6.25. The number of aliphatic hydroxyl groups excluding tert-OH is 1. The molecule has 0 radical (unpaired) electrons. The highest BCUT2D eigenvalue weighted by Gasteiger charge is 2.21. The van der Waals surface area contributed by atoms with Crippen molar-refractivity contribution < 1.29 is 14.3 Å². The van der Waals surface area contributed by atoms with Crippen molar-refractivity contribution in [2.75, 3.05) is 0 Å². The molecular weight excluding hydrogens is 305 g/mol. The summed E-state index contributed by atoms with van der Waals surface area (Å²) in [7, 11) is 0. The monoisotopic (exact) mass is 329 g/mol. The molecule has 0 aromatic heterocycles. The number of amides is 1. The SMILES string of the molecule is CC(Cc1ccccc1F)C(=O)NC(C)C(O)Cc1ccccc1. The number of benzene rings is 2. The lowest BCUT2D eigenvalue weighted by Gasteiger charge is -2.22. The molecule has 3 atom stereocenters. The molecule has 0 heterocycles. The first-order valence-corrected chi connectivity index (χ1v) is 8.23. The van der Waals surface area contributed by atoms with Crippen LogP contribution in [0.5, 0.6) is 0 Å². The molecule has 2 aromatic carbocycles. The van der Waals surface area contributed by atoms with Crippen molar-refractivity contribution >= 4 is 5.91 Å². The van der Waals surface area contributed by atoms with E-state index in [0.29, 0.717) is 18.4 Å². The molecule has 3 unspecified atom stereocenters. The fraction of sp³-hybridized carbons (Fsp3) is 0.350. The van der Waals surface area contributed by atoms with Crippen molar-refractivity contribution in [2.45, 2.75) is 38.8 Å². The van der Waals surface area contributed by atoms with Crippen molar-refractivity contribution in [3.63, 3.8) is 0 Å². The number of aliphatic hydroxyl groups is 1. The van der Waals surface area contributed by atoms with Gasteiger partial charge in [0.15, 0.2) is 0 Å². The third kappa shape index (κ3) is 5.17. The Bertz CT molecular complexity index is 660. The Morgan fingerprint density at radius 3 is 2.33 bits per heavy atom. The number of hydrogen-bond donors (Lipinski definition) is 2. The molecule has 4 heteroatoms. The van der Waals surface area contributed by atoms with E-state index in [1.165, 1.54) is 6.07 Å². The summed E-state index contributed by atoms with van der Waals surface area (Å²) in [6.07, 6.45) is 0.140. The van der Waals surface area contributed by atoms with Gasteiger partial charge in [-0.2, -0.15) is 0 Å². The first-order valence-electron chi connectivity index (χ1n) is 8.23. The van der Waals surface area contributed by atoms with Gasteiger partial charge < -0.3 is 10.4 Å². The van der Waals surface area contributed by atoms with Gasteiger partial charge in [-0.15, -0.1) is 0 Å². The summed E-state index contributed by atoms with van der Waals surface area (Å²) < 4.78 is 13.7. The van der Waals surface area contributed by atoms with Gasteiger partial charge >= 0.3 is 0 Å². The highest BCUT2D eigenvalue weighted by atomic mass is 19.1. The van der Waals surface area contributed by atoms with Crippen molar-refractivity contribution in [3.05, 3.63) is 71.5 Å². The second-order valence-electron chi connectivity index (χ2n) is 6.25. The average molecular weight is 329 g/mol. The van der Waals surface area contributed by atoms with E-state index < -0.39 is 6.10 Å². The Balaban J connectivity index is 1.87. The van der Waals surface area contributed by atoms with Gasteiger partial charge in [-0.05, 0) is 30.5 Å². The van der Waals surface area contributed by atoms with E-state index in [4.69, 9.17) is 0 Å². The summed E-state index contributed by atoms with van der Waals surface area (Å²) >= 11 is 0. The lowest BCUT2D eigenvalue weighted by molar-refractivity contribution is -0.125. The van der Waals surface area contributed by atoms with Crippen molar-refractivity contribution in [1.82, 2.24) is 5.32 Å². The Labute approximate surface area is 142 Å². The zero-order chi connectivity index (χ0) is 17.5. The van der Waals surface area contributed by atoms with Gasteiger partial charge in [-0.3, -0.25) is 4.79 Å².